The molecular formula is H8O3Si3. The normalized spacial score (nSPS) is 12.0. The minimum absolute atomic E-state index is 0.651. The van der Waals surface area contributed by atoms with Crippen molar-refractivity contribution in [1.82, 2.24) is 0 Å². The highest BCUT2D eigenvalue weighted by atomic mass is 28.3. The van der Waals surface area contributed by atoms with Gasteiger partial charge in [0.15, 0.2) is 10.5 Å². The monoisotopic (exact) mass is 140 g/mol. The van der Waals surface area contributed by atoms with Crippen LogP contribution in [-0.2, 0) is 13.3 Å². The molecule has 3 nitrogen and oxygen atoms in total. The van der Waals surface area contributed by atoms with Crippen LogP contribution in [0.3, 0.4) is 0 Å². The van der Waals surface area contributed by atoms with Gasteiger partial charge in [-0.05, 0) is 0 Å². The molecule has 0 radical (unpaired) electrons. The first-order valence-corrected chi connectivity index (χ1v) is 4.35. The van der Waals surface area contributed by atoms with Crippen LogP contribution in [0.2, 0.25) is 0 Å². The summed E-state index contributed by atoms with van der Waals surface area (Å²) in [6.45, 7) is 0. The van der Waals surface area contributed by atoms with Gasteiger partial charge in [0, 0.05) is 0 Å². The van der Waals surface area contributed by atoms with Gasteiger partial charge in [0.2, 0.25) is 0 Å². The van der Waals surface area contributed by atoms with Gasteiger partial charge in [0.05, 0.1) is 0 Å². The smallest absolute Gasteiger partial charge is 0.332 e. The molecule has 0 fully saturated rings. The van der Waals surface area contributed by atoms with E-state index in [4.69, 9.17) is 4.12 Å². The molecule has 0 aliphatic heterocycles. The third kappa shape index (κ3) is 4.53. The maximum atomic E-state index is 4.73. The molecule has 0 aromatic heterocycles. The summed E-state index contributed by atoms with van der Waals surface area (Å²) in [4.78, 5) is 0. The fraction of sp³-hybridized carbons (Fsp3) is 0. The van der Waals surface area contributed by atoms with Gasteiger partial charge in [-0.15, -0.1) is 0 Å². The highest BCUT2D eigenvalue weighted by Gasteiger charge is 1.74. The maximum Gasteiger partial charge on any atom is 0.332 e. The molecule has 0 rings (SSSR count). The Morgan fingerprint density at radius 1 is 1.33 bits per heavy atom. The van der Waals surface area contributed by atoms with Crippen molar-refractivity contribution in [2.75, 3.05) is 0 Å². The van der Waals surface area contributed by atoms with Crippen LogP contribution >= 0.6 is 0 Å². The largest absolute Gasteiger partial charge is 0.447 e. The maximum absolute atomic E-state index is 4.73. The molecule has 0 atom stereocenters. The molecule has 0 aromatic rings. The highest BCUT2D eigenvalue weighted by molar-refractivity contribution is 6.27. The molecule has 0 aliphatic carbocycles. The van der Waals surface area contributed by atoms with E-state index in [2.05, 4.69) is 9.15 Å². The van der Waals surface area contributed by atoms with Crippen molar-refractivity contribution < 1.29 is 13.3 Å². The summed E-state index contributed by atoms with van der Waals surface area (Å²) in [6.07, 6.45) is 0. The minimum Gasteiger partial charge on any atom is -0.447 e. The Morgan fingerprint density at radius 3 is 2.17 bits per heavy atom. The predicted molar refractivity (Wildman–Crippen MR) is 31.7 cm³/mol. The van der Waals surface area contributed by atoms with Gasteiger partial charge in [-0.25, -0.2) is 0 Å². The Hall–Kier alpha value is 0.531. The second-order valence-corrected chi connectivity index (χ2v) is 3.81. The Balaban J connectivity index is 2.34. The van der Waals surface area contributed by atoms with Crippen molar-refractivity contribution >= 4 is 31.0 Å². The average Bonchev–Trinajstić information content (AvgIpc) is 1.61. The van der Waals surface area contributed by atoms with Crippen LogP contribution in [0.5, 0.6) is 0 Å². The third-order valence-electron chi connectivity index (χ3n) is 0.284. The summed E-state index contributed by atoms with van der Waals surface area (Å²) >= 11 is 0. The first-order valence-electron chi connectivity index (χ1n) is 1.56. The van der Waals surface area contributed by atoms with E-state index in [1.165, 1.54) is 0 Å². The third-order valence-corrected chi connectivity index (χ3v) is 2.27. The Morgan fingerprint density at radius 2 is 2.00 bits per heavy atom. The lowest BCUT2D eigenvalue weighted by molar-refractivity contribution is -0.103. The zero-order valence-corrected chi connectivity index (χ0v) is 9.35. The van der Waals surface area contributed by atoms with Crippen LogP contribution in [0.4, 0.5) is 0 Å². The number of hydrogen-bond acceptors (Lipinski definition) is 3. The highest BCUT2D eigenvalue weighted by Crippen LogP contribution is 1.63. The topological polar surface area (TPSA) is 27.7 Å². The summed E-state index contributed by atoms with van der Waals surface area (Å²) in [6, 6.07) is 0. The van der Waals surface area contributed by atoms with Crippen molar-refractivity contribution in [2.45, 2.75) is 0 Å². The molecular weight excluding hydrogens is 132 g/mol. The minimum atomic E-state index is -0.704. The lowest BCUT2D eigenvalue weighted by Gasteiger charge is -1.93. The quantitative estimate of drug-likeness (QED) is 0.176. The van der Waals surface area contributed by atoms with E-state index in [1.807, 2.05) is 0 Å². The van der Waals surface area contributed by atoms with Gasteiger partial charge >= 0.3 is 10.0 Å². The summed E-state index contributed by atoms with van der Waals surface area (Å²) in [5, 5.41) is 0. The fourth-order valence-corrected chi connectivity index (χ4v) is 0.866. The predicted octanol–water partition coefficient (Wildman–Crippen LogP) is -3.49. The summed E-state index contributed by atoms with van der Waals surface area (Å²) < 4.78 is 13.6. The molecule has 6 heteroatoms. The van der Waals surface area contributed by atoms with Crippen LogP contribution in [0.1, 0.15) is 0 Å². The molecule has 0 saturated carbocycles. The van der Waals surface area contributed by atoms with E-state index < -0.39 is 10.0 Å². The molecule has 0 bridgehead atoms. The van der Waals surface area contributed by atoms with Gasteiger partial charge in [0.1, 0.15) is 10.5 Å². The van der Waals surface area contributed by atoms with Crippen molar-refractivity contribution in [2.24, 2.45) is 0 Å². The zero-order valence-electron chi connectivity index (χ0n) is 3.93. The summed E-state index contributed by atoms with van der Waals surface area (Å²) in [7, 11) is 0.723. The molecule has 0 N–H and O–H groups in total. The Bertz CT molecular complexity index is 18.0. The van der Waals surface area contributed by atoms with Crippen LogP contribution in [0.25, 0.3) is 0 Å². The SMILES string of the molecule is [SiH3]OO[SiH2]O[SiH3]. The lowest BCUT2D eigenvalue weighted by atomic mass is 14.9. The van der Waals surface area contributed by atoms with Crippen molar-refractivity contribution in [3.63, 3.8) is 0 Å². The molecule has 0 aliphatic rings. The molecule has 38 valence electrons. The van der Waals surface area contributed by atoms with Gasteiger partial charge in [0.25, 0.3) is 0 Å². The van der Waals surface area contributed by atoms with E-state index >= 15 is 0 Å². The van der Waals surface area contributed by atoms with Gasteiger partial charge in [-0.3, -0.25) is 4.58 Å². The van der Waals surface area contributed by atoms with Gasteiger partial charge < -0.3 is 8.69 Å². The standard InChI is InChI=1S/H8O3Si3/c4-1-2-6-3-5/h6H2,4-5H3. The van der Waals surface area contributed by atoms with Crippen molar-refractivity contribution in [3.8, 4) is 0 Å². The Kier molecular flexibility index (Phi) is 6.02. The second-order valence-electron chi connectivity index (χ2n) is 0.691. The molecule has 0 heterocycles. The fourth-order valence-electron chi connectivity index (χ4n) is 0.0962. The molecule has 0 amide bonds. The first kappa shape index (κ1) is 6.53. The number of hydrogen-bond donors (Lipinski definition) is 0. The lowest BCUT2D eigenvalue weighted by Crippen LogP contribution is -2.00. The zero-order chi connectivity index (χ0) is 4.83. The second kappa shape index (κ2) is 5.53. The number of rotatable bonds is 3. The molecule has 0 unspecified atom stereocenters. The van der Waals surface area contributed by atoms with Crippen LogP contribution < -0.4 is 0 Å². The summed E-state index contributed by atoms with van der Waals surface area (Å²) in [5.74, 6) is 0. The van der Waals surface area contributed by atoms with Crippen LogP contribution in [0.15, 0.2) is 0 Å². The summed E-state index contributed by atoms with van der Waals surface area (Å²) in [5.41, 5.74) is 0. The molecule has 0 aromatic carbocycles. The molecule has 0 saturated heterocycles. The van der Waals surface area contributed by atoms with E-state index in [0.29, 0.717) is 10.5 Å². The van der Waals surface area contributed by atoms with Gasteiger partial charge in [-0.2, -0.15) is 0 Å². The van der Waals surface area contributed by atoms with Crippen LogP contribution in [-0.4, -0.2) is 31.0 Å². The Labute approximate surface area is 45.1 Å². The van der Waals surface area contributed by atoms with E-state index in [1.54, 1.807) is 0 Å². The van der Waals surface area contributed by atoms with Crippen molar-refractivity contribution in [3.05, 3.63) is 0 Å². The average molecular weight is 140 g/mol. The van der Waals surface area contributed by atoms with Gasteiger partial charge in [-0.1, -0.05) is 0 Å². The first-order chi connectivity index (χ1) is 2.91. The molecule has 6 heavy (non-hydrogen) atoms. The van der Waals surface area contributed by atoms with E-state index in [0.717, 1.165) is 10.5 Å². The van der Waals surface area contributed by atoms with E-state index in [-0.39, 0.29) is 0 Å². The van der Waals surface area contributed by atoms with E-state index in [9.17, 15) is 0 Å². The van der Waals surface area contributed by atoms with Crippen LogP contribution in [0, 0.1) is 0 Å². The molecule has 0 spiro atoms. The van der Waals surface area contributed by atoms with Crippen molar-refractivity contribution in [1.29, 1.82) is 0 Å².